The molecule has 0 saturated carbocycles. The summed E-state index contributed by atoms with van der Waals surface area (Å²) in [4.78, 5) is 10.8. The Hall–Kier alpha value is -3.07. The third kappa shape index (κ3) is 3.09. The quantitative estimate of drug-likeness (QED) is 0.667. The van der Waals surface area contributed by atoms with Crippen molar-refractivity contribution in [1.82, 2.24) is 0 Å². The molecule has 0 amide bonds. The summed E-state index contributed by atoms with van der Waals surface area (Å²) in [6.45, 7) is 2.40. The van der Waals surface area contributed by atoms with Gasteiger partial charge in [0.15, 0.2) is 0 Å². The van der Waals surface area contributed by atoms with Crippen LogP contribution in [0.4, 0.5) is 11.4 Å². The molecule has 2 rings (SSSR count). The highest BCUT2D eigenvalue weighted by molar-refractivity contribution is 5.69. The minimum absolute atomic E-state index is 0.0983. The minimum atomic E-state index is -0.498. The van der Waals surface area contributed by atoms with E-state index in [0.717, 1.165) is 0 Å². The van der Waals surface area contributed by atoms with E-state index in [2.05, 4.69) is 5.32 Å². The largest absolute Gasteiger partial charge is 0.449 e. The fourth-order valence-electron chi connectivity index (χ4n) is 1.89. The van der Waals surface area contributed by atoms with Gasteiger partial charge in [0.2, 0.25) is 5.75 Å². The van der Waals surface area contributed by atoms with Crippen LogP contribution in [0.1, 0.15) is 12.5 Å². The Morgan fingerprint density at radius 2 is 1.95 bits per heavy atom. The second-order valence-corrected chi connectivity index (χ2v) is 4.15. The highest BCUT2D eigenvalue weighted by atomic mass is 16.6. The van der Waals surface area contributed by atoms with Gasteiger partial charge in [-0.1, -0.05) is 18.2 Å². The van der Waals surface area contributed by atoms with E-state index < -0.39 is 4.92 Å². The zero-order chi connectivity index (χ0) is 15.2. The number of para-hydroxylation sites is 2. The number of nitro benzene ring substituents is 1. The number of hydrogen-bond acceptors (Lipinski definition) is 5. The van der Waals surface area contributed by atoms with Crippen LogP contribution in [0.5, 0.6) is 11.5 Å². The van der Waals surface area contributed by atoms with Gasteiger partial charge in [-0.2, -0.15) is 5.26 Å². The summed E-state index contributed by atoms with van der Waals surface area (Å²) in [6.07, 6.45) is 0. The van der Waals surface area contributed by atoms with E-state index in [1.807, 2.05) is 13.0 Å². The number of ether oxygens (including phenoxy) is 1. The molecule has 1 N–H and O–H groups in total. The number of rotatable bonds is 5. The van der Waals surface area contributed by atoms with Gasteiger partial charge in [0, 0.05) is 6.54 Å². The number of anilines is 1. The molecule has 0 unspecified atom stereocenters. The van der Waals surface area contributed by atoms with Crippen LogP contribution in [0.15, 0.2) is 42.5 Å². The van der Waals surface area contributed by atoms with E-state index in [4.69, 9.17) is 10.00 Å². The predicted octanol–water partition coefficient (Wildman–Crippen LogP) is 3.69. The van der Waals surface area contributed by atoms with Crippen LogP contribution in [0.3, 0.4) is 0 Å². The van der Waals surface area contributed by atoms with Crippen molar-refractivity contribution in [3.05, 3.63) is 58.1 Å². The second kappa shape index (κ2) is 6.39. The van der Waals surface area contributed by atoms with Crippen LogP contribution < -0.4 is 10.1 Å². The zero-order valence-corrected chi connectivity index (χ0v) is 11.4. The molecule has 0 aliphatic carbocycles. The normalized spacial score (nSPS) is 9.71. The Morgan fingerprint density at radius 1 is 1.24 bits per heavy atom. The first kappa shape index (κ1) is 14.3. The fraction of sp³-hybridized carbons (Fsp3) is 0.133. The van der Waals surface area contributed by atoms with Gasteiger partial charge in [-0.3, -0.25) is 10.1 Å². The molecule has 0 bridgehead atoms. The lowest BCUT2D eigenvalue weighted by atomic mass is 10.2. The first-order valence-electron chi connectivity index (χ1n) is 6.35. The summed E-state index contributed by atoms with van der Waals surface area (Å²) in [5, 5.41) is 23.2. The molecule has 0 aliphatic rings. The van der Waals surface area contributed by atoms with Crippen LogP contribution in [0.2, 0.25) is 0 Å². The first-order valence-corrected chi connectivity index (χ1v) is 6.35. The maximum absolute atomic E-state index is 11.3. The van der Waals surface area contributed by atoms with Crippen molar-refractivity contribution in [2.75, 3.05) is 11.9 Å². The second-order valence-electron chi connectivity index (χ2n) is 4.15. The number of nitrogens with zero attached hydrogens (tertiary/aromatic N) is 2. The average Bonchev–Trinajstić information content (AvgIpc) is 2.48. The monoisotopic (exact) mass is 283 g/mol. The lowest BCUT2D eigenvalue weighted by molar-refractivity contribution is -0.384. The van der Waals surface area contributed by atoms with Gasteiger partial charge in [-0.05, 0) is 31.2 Å². The van der Waals surface area contributed by atoms with Crippen molar-refractivity contribution >= 4 is 11.4 Å². The Labute approximate surface area is 121 Å². The molecular formula is C15H13N3O3. The Bertz CT molecular complexity index is 708. The third-order valence-corrected chi connectivity index (χ3v) is 2.78. The van der Waals surface area contributed by atoms with Gasteiger partial charge >= 0.3 is 5.69 Å². The summed E-state index contributed by atoms with van der Waals surface area (Å²) in [5.41, 5.74) is 0.558. The van der Waals surface area contributed by atoms with Crippen LogP contribution >= 0.6 is 0 Å². The number of benzene rings is 2. The molecular weight excluding hydrogens is 270 g/mol. The average molecular weight is 283 g/mol. The van der Waals surface area contributed by atoms with Crippen molar-refractivity contribution < 1.29 is 9.66 Å². The molecule has 0 radical (unpaired) electrons. The van der Waals surface area contributed by atoms with E-state index in [9.17, 15) is 10.1 Å². The molecule has 0 heterocycles. The molecule has 0 aliphatic heterocycles. The van der Waals surface area contributed by atoms with E-state index in [-0.39, 0.29) is 17.2 Å². The lowest BCUT2D eigenvalue weighted by Gasteiger charge is -2.10. The van der Waals surface area contributed by atoms with Gasteiger partial charge in [0.25, 0.3) is 0 Å². The molecule has 6 heteroatoms. The van der Waals surface area contributed by atoms with E-state index in [1.54, 1.807) is 36.4 Å². The minimum Gasteiger partial charge on any atom is -0.449 e. The standard InChI is InChI=1S/C15H13N3O3/c1-2-17-12-7-5-9-14(15(12)18(19)20)21-13-8-4-3-6-11(13)10-16/h3-9,17H,2H2,1H3. The summed E-state index contributed by atoms with van der Waals surface area (Å²) in [6, 6.07) is 13.4. The molecule has 2 aromatic carbocycles. The third-order valence-electron chi connectivity index (χ3n) is 2.78. The number of nitriles is 1. The maximum Gasteiger partial charge on any atom is 0.334 e. The van der Waals surface area contributed by atoms with Crippen LogP contribution in [0, 0.1) is 21.4 Å². The van der Waals surface area contributed by atoms with Crippen molar-refractivity contribution in [2.24, 2.45) is 0 Å². The summed E-state index contributed by atoms with van der Waals surface area (Å²) >= 11 is 0. The molecule has 2 aromatic rings. The molecule has 106 valence electrons. The topological polar surface area (TPSA) is 88.2 Å². The molecule has 0 spiro atoms. The predicted molar refractivity (Wildman–Crippen MR) is 78.5 cm³/mol. The Morgan fingerprint density at radius 3 is 2.62 bits per heavy atom. The van der Waals surface area contributed by atoms with Gasteiger partial charge in [-0.15, -0.1) is 0 Å². The first-order chi connectivity index (χ1) is 10.2. The van der Waals surface area contributed by atoms with Gasteiger partial charge in [-0.25, -0.2) is 0 Å². The lowest BCUT2D eigenvalue weighted by Crippen LogP contribution is -2.02. The molecule has 21 heavy (non-hydrogen) atoms. The number of nitrogens with one attached hydrogen (secondary N) is 1. The zero-order valence-electron chi connectivity index (χ0n) is 11.4. The van der Waals surface area contributed by atoms with Crippen LogP contribution in [-0.4, -0.2) is 11.5 Å². The maximum atomic E-state index is 11.3. The fourth-order valence-corrected chi connectivity index (χ4v) is 1.89. The Balaban J connectivity index is 2.47. The molecule has 6 nitrogen and oxygen atoms in total. The summed E-state index contributed by atoms with van der Waals surface area (Å²) < 4.78 is 5.58. The number of hydrogen-bond donors (Lipinski definition) is 1. The van der Waals surface area contributed by atoms with Crippen molar-refractivity contribution in [3.8, 4) is 17.6 Å². The molecule has 0 saturated heterocycles. The highest BCUT2D eigenvalue weighted by Gasteiger charge is 2.21. The van der Waals surface area contributed by atoms with E-state index in [1.165, 1.54) is 6.07 Å². The number of nitro groups is 1. The highest BCUT2D eigenvalue weighted by Crippen LogP contribution is 2.38. The summed E-state index contributed by atoms with van der Waals surface area (Å²) in [5.74, 6) is 0.387. The summed E-state index contributed by atoms with van der Waals surface area (Å²) in [7, 11) is 0. The molecule has 0 atom stereocenters. The van der Waals surface area contributed by atoms with E-state index >= 15 is 0 Å². The van der Waals surface area contributed by atoms with Gasteiger partial charge in [0.05, 0.1) is 10.5 Å². The van der Waals surface area contributed by atoms with Gasteiger partial charge < -0.3 is 10.1 Å². The van der Waals surface area contributed by atoms with Crippen molar-refractivity contribution in [2.45, 2.75) is 6.92 Å². The van der Waals surface area contributed by atoms with Crippen molar-refractivity contribution in [3.63, 3.8) is 0 Å². The molecule has 0 aromatic heterocycles. The van der Waals surface area contributed by atoms with Crippen LogP contribution in [0.25, 0.3) is 0 Å². The molecule has 0 fully saturated rings. The van der Waals surface area contributed by atoms with Crippen LogP contribution in [-0.2, 0) is 0 Å². The Kier molecular flexibility index (Phi) is 4.36. The van der Waals surface area contributed by atoms with Gasteiger partial charge in [0.1, 0.15) is 17.5 Å². The van der Waals surface area contributed by atoms with Crippen molar-refractivity contribution in [1.29, 1.82) is 5.26 Å². The van der Waals surface area contributed by atoms with E-state index in [0.29, 0.717) is 17.8 Å². The smallest absolute Gasteiger partial charge is 0.334 e. The SMILES string of the molecule is CCNc1cccc(Oc2ccccc2C#N)c1[N+](=O)[O-].